The summed E-state index contributed by atoms with van der Waals surface area (Å²) in [5.41, 5.74) is -0.635. The van der Waals surface area contributed by atoms with Gasteiger partial charge in [0, 0.05) is 5.56 Å². The van der Waals surface area contributed by atoms with E-state index in [9.17, 15) is 9.59 Å². The minimum absolute atomic E-state index is 0.0602. The highest BCUT2D eigenvalue weighted by molar-refractivity contribution is 6.17. The number of ether oxygens (including phenoxy) is 1. The molecule has 2 rings (SSSR count). The maximum Gasteiger partial charge on any atom is 0.339 e. The van der Waals surface area contributed by atoms with Gasteiger partial charge in [0.1, 0.15) is 17.0 Å². The van der Waals surface area contributed by atoms with Gasteiger partial charge in [-0.1, -0.05) is 38.6 Å². The van der Waals surface area contributed by atoms with Gasteiger partial charge in [-0.2, -0.15) is 4.99 Å². The Morgan fingerprint density at radius 1 is 1.38 bits per heavy atom. The predicted octanol–water partition coefficient (Wildman–Crippen LogP) is 3.10. The second-order valence-corrected chi connectivity index (χ2v) is 6.99. The third kappa shape index (κ3) is 3.25. The molecular formula is C19H24N2O3. The lowest BCUT2D eigenvalue weighted by Crippen LogP contribution is -2.50. The number of benzene rings is 1. The van der Waals surface area contributed by atoms with Gasteiger partial charge in [0.25, 0.3) is 5.91 Å². The number of carbonyl (C=O) groups excluding carboxylic acids is 2. The average Bonchev–Trinajstić information content (AvgIpc) is 2.84. The van der Waals surface area contributed by atoms with Crippen LogP contribution in [0.4, 0.5) is 0 Å². The summed E-state index contributed by atoms with van der Waals surface area (Å²) in [5, 5.41) is 3.18. The van der Waals surface area contributed by atoms with Crippen molar-refractivity contribution in [1.82, 2.24) is 5.32 Å². The second-order valence-electron chi connectivity index (χ2n) is 6.99. The molecule has 0 bridgehead atoms. The fourth-order valence-electron chi connectivity index (χ4n) is 2.27. The Morgan fingerprint density at radius 3 is 2.54 bits per heavy atom. The normalized spacial score (nSPS) is 20.6. The fraction of sp³-hybridized carbons (Fsp3) is 0.421. The molecule has 24 heavy (non-hydrogen) atoms. The first-order chi connectivity index (χ1) is 11.1. The largest absolute Gasteiger partial charge is 0.452 e. The van der Waals surface area contributed by atoms with E-state index in [1.807, 2.05) is 20.8 Å². The highest BCUT2D eigenvalue weighted by Crippen LogP contribution is 2.26. The topological polar surface area (TPSA) is 67.8 Å². The van der Waals surface area contributed by atoms with Crippen molar-refractivity contribution in [1.29, 1.82) is 0 Å². The molecule has 1 unspecified atom stereocenters. The van der Waals surface area contributed by atoms with Crippen LogP contribution in [0.1, 0.15) is 50.5 Å². The van der Waals surface area contributed by atoms with Crippen LogP contribution in [0.25, 0.3) is 0 Å². The molecule has 1 atom stereocenters. The van der Waals surface area contributed by atoms with E-state index in [1.165, 1.54) is 0 Å². The van der Waals surface area contributed by atoms with Crippen LogP contribution < -0.4 is 5.32 Å². The summed E-state index contributed by atoms with van der Waals surface area (Å²) in [6.07, 6.45) is 1.57. The van der Waals surface area contributed by atoms with Crippen LogP contribution in [0.15, 0.2) is 41.9 Å². The molecule has 0 aliphatic carbocycles. The van der Waals surface area contributed by atoms with Gasteiger partial charge >= 0.3 is 5.97 Å². The highest BCUT2D eigenvalue weighted by atomic mass is 16.6. The summed E-state index contributed by atoms with van der Waals surface area (Å²) in [6.45, 7) is 12.9. The lowest BCUT2D eigenvalue weighted by molar-refractivity contribution is -0.123. The SMILES string of the molecule is C=CC(C)(C)OC(=O)c1ccccc1C1=NC(=O)C(C)(C(C)C)N1. The number of rotatable bonds is 5. The van der Waals surface area contributed by atoms with Crippen molar-refractivity contribution in [2.45, 2.75) is 45.8 Å². The summed E-state index contributed by atoms with van der Waals surface area (Å²) in [6, 6.07) is 6.96. The van der Waals surface area contributed by atoms with E-state index in [0.717, 1.165) is 0 Å². The van der Waals surface area contributed by atoms with Gasteiger partial charge in [0.05, 0.1) is 5.56 Å². The molecule has 0 radical (unpaired) electrons. The Balaban J connectivity index is 2.38. The molecule has 1 heterocycles. The Bertz CT molecular complexity index is 719. The van der Waals surface area contributed by atoms with Crippen molar-refractivity contribution in [3.05, 3.63) is 48.0 Å². The molecule has 1 aliphatic rings. The molecule has 0 fully saturated rings. The maximum absolute atomic E-state index is 12.5. The monoisotopic (exact) mass is 328 g/mol. The molecule has 1 aliphatic heterocycles. The van der Waals surface area contributed by atoms with Gasteiger partial charge < -0.3 is 10.1 Å². The number of aliphatic imine (C=N–C) groups is 1. The molecular weight excluding hydrogens is 304 g/mol. The molecule has 128 valence electrons. The smallest absolute Gasteiger partial charge is 0.339 e. The summed E-state index contributed by atoms with van der Waals surface area (Å²) < 4.78 is 5.47. The molecule has 0 spiro atoms. The lowest BCUT2D eigenvalue weighted by atomic mass is 9.88. The standard InChI is InChI=1S/C19H24N2O3/c1-7-18(4,5)24-16(22)14-11-9-8-10-13(14)15-20-17(23)19(6,21-15)12(2)3/h7-12H,1H2,2-6H3,(H,20,21,23). The quantitative estimate of drug-likeness (QED) is 0.666. The van der Waals surface area contributed by atoms with Gasteiger partial charge in [-0.3, -0.25) is 4.79 Å². The summed E-state index contributed by atoms with van der Waals surface area (Å²) in [7, 11) is 0. The second kappa shape index (κ2) is 6.23. The number of nitrogens with zero attached hydrogens (tertiary/aromatic N) is 1. The van der Waals surface area contributed by atoms with Gasteiger partial charge in [-0.25, -0.2) is 4.79 Å². The number of nitrogens with one attached hydrogen (secondary N) is 1. The number of amidine groups is 1. The zero-order chi connectivity index (χ0) is 18.1. The minimum atomic E-state index is -0.780. The van der Waals surface area contributed by atoms with Crippen LogP contribution in [-0.4, -0.2) is 28.9 Å². The average molecular weight is 328 g/mol. The van der Waals surface area contributed by atoms with Crippen molar-refractivity contribution >= 4 is 17.7 Å². The van der Waals surface area contributed by atoms with Crippen LogP contribution in [0.5, 0.6) is 0 Å². The van der Waals surface area contributed by atoms with Crippen LogP contribution in [0.2, 0.25) is 0 Å². The molecule has 1 amide bonds. The van der Waals surface area contributed by atoms with Gasteiger partial charge in [-0.15, -0.1) is 0 Å². The molecule has 0 aromatic heterocycles. The van der Waals surface area contributed by atoms with Crippen molar-refractivity contribution in [2.24, 2.45) is 10.9 Å². The summed E-state index contributed by atoms with van der Waals surface area (Å²) >= 11 is 0. The highest BCUT2D eigenvalue weighted by Gasteiger charge is 2.43. The Hall–Kier alpha value is -2.43. The van der Waals surface area contributed by atoms with Gasteiger partial charge in [0.15, 0.2) is 0 Å². The predicted molar refractivity (Wildman–Crippen MR) is 94.1 cm³/mol. The first-order valence-corrected chi connectivity index (χ1v) is 7.98. The van der Waals surface area contributed by atoms with E-state index in [2.05, 4.69) is 16.9 Å². The van der Waals surface area contributed by atoms with Gasteiger partial charge in [0.2, 0.25) is 0 Å². The fourth-order valence-corrected chi connectivity index (χ4v) is 2.27. The van der Waals surface area contributed by atoms with E-state index < -0.39 is 17.1 Å². The number of carbonyl (C=O) groups is 2. The molecule has 5 heteroatoms. The van der Waals surface area contributed by atoms with Crippen LogP contribution in [0, 0.1) is 5.92 Å². The molecule has 1 N–H and O–H groups in total. The van der Waals surface area contributed by atoms with Crippen molar-refractivity contribution < 1.29 is 14.3 Å². The maximum atomic E-state index is 12.5. The van der Waals surface area contributed by atoms with E-state index >= 15 is 0 Å². The Morgan fingerprint density at radius 2 is 2.00 bits per heavy atom. The zero-order valence-electron chi connectivity index (χ0n) is 14.8. The molecule has 0 saturated heterocycles. The number of esters is 1. The van der Waals surface area contributed by atoms with Crippen molar-refractivity contribution in [3.63, 3.8) is 0 Å². The Kier molecular flexibility index (Phi) is 4.65. The summed E-state index contributed by atoms with van der Waals surface area (Å²) in [5.74, 6) is -0.252. The third-order valence-corrected chi connectivity index (χ3v) is 4.44. The zero-order valence-corrected chi connectivity index (χ0v) is 14.8. The lowest BCUT2D eigenvalue weighted by Gasteiger charge is -2.27. The van der Waals surface area contributed by atoms with Crippen LogP contribution in [-0.2, 0) is 9.53 Å². The number of hydrogen-bond acceptors (Lipinski definition) is 4. The Labute approximate surface area is 142 Å². The first-order valence-electron chi connectivity index (χ1n) is 7.98. The van der Waals surface area contributed by atoms with E-state index in [-0.39, 0.29) is 11.8 Å². The van der Waals surface area contributed by atoms with Crippen LogP contribution in [0.3, 0.4) is 0 Å². The molecule has 5 nitrogen and oxygen atoms in total. The van der Waals surface area contributed by atoms with Crippen LogP contribution >= 0.6 is 0 Å². The van der Waals surface area contributed by atoms with Crippen molar-refractivity contribution in [2.75, 3.05) is 0 Å². The minimum Gasteiger partial charge on any atom is -0.452 e. The van der Waals surface area contributed by atoms with E-state index in [1.54, 1.807) is 44.2 Å². The molecule has 0 saturated carbocycles. The van der Waals surface area contributed by atoms with E-state index in [4.69, 9.17) is 4.74 Å². The summed E-state index contributed by atoms with van der Waals surface area (Å²) in [4.78, 5) is 29.0. The van der Waals surface area contributed by atoms with E-state index in [0.29, 0.717) is 17.0 Å². The molecule has 1 aromatic carbocycles. The number of amides is 1. The van der Waals surface area contributed by atoms with Gasteiger partial charge in [-0.05, 0) is 38.8 Å². The van der Waals surface area contributed by atoms with Crippen molar-refractivity contribution in [3.8, 4) is 0 Å². The molecule has 1 aromatic rings. The number of hydrogen-bond donors (Lipinski definition) is 1. The first kappa shape index (κ1) is 17.9. The third-order valence-electron chi connectivity index (χ3n) is 4.44.